The second kappa shape index (κ2) is 6.78. The molecule has 1 aliphatic rings. The van der Waals surface area contributed by atoms with Gasteiger partial charge >= 0.3 is 0 Å². The van der Waals surface area contributed by atoms with E-state index < -0.39 is 6.10 Å². The van der Waals surface area contributed by atoms with Crippen molar-refractivity contribution in [1.29, 1.82) is 0 Å². The Balaban J connectivity index is 2.00. The quantitative estimate of drug-likeness (QED) is 0.851. The predicted molar refractivity (Wildman–Crippen MR) is 73.6 cm³/mol. The van der Waals surface area contributed by atoms with Crippen molar-refractivity contribution < 1.29 is 14.3 Å². The number of hydrogen-bond donors (Lipinski definition) is 0. The lowest BCUT2D eigenvalue weighted by Gasteiger charge is -2.30. The first-order chi connectivity index (χ1) is 9.20. The summed E-state index contributed by atoms with van der Waals surface area (Å²) in [6.45, 7) is 4.40. The van der Waals surface area contributed by atoms with E-state index in [-0.39, 0.29) is 5.91 Å². The van der Waals surface area contributed by atoms with E-state index >= 15 is 0 Å². The molecule has 0 N–H and O–H groups in total. The van der Waals surface area contributed by atoms with Crippen LogP contribution < -0.4 is 4.74 Å². The van der Waals surface area contributed by atoms with Gasteiger partial charge in [-0.25, -0.2) is 0 Å². The summed E-state index contributed by atoms with van der Waals surface area (Å²) >= 11 is 5.91. The van der Waals surface area contributed by atoms with E-state index in [0.717, 1.165) is 0 Å². The first kappa shape index (κ1) is 14.2. The fourth-order valence-electron chi connectivity index (χ4n) is 2.00. The molecule has 1 aromatic carbocycles. The topological polar surface area (TPSA) is 38.8 Å². The molecule has 1 fully saturated rings. The van der Waals surface area contributed by atoms with Crippen molar-refractivity contribution >= 4 is 17.5 Å². The summed E-state index contributed by atoms with van der Waals surface area (Å²) in [5, 5.41) is 0.603. The van der Waals surface area contributed by atoms with Gasteiger partial charge in [-0.2, -0.15) is 0 Å². The Hall–Kier alpha value is -1.26. The zero-order valence-corrected chi connectivity index (χ0v) is 11.7. The third-order valence-electron chi connectivity index (χ3n) is 3.04. The first-order valence-electron chi connectivity index (χ1n) is 6.49. The monoisotopic (exact) mass is 283 g/mol. The minimum atomic E-state index is -0.462. The van der Waals surface area contributed by atoms with Gasteiger partial charge in [0.1, 0.15) is 5.75 Å². The van der Waals surface area contributed by atoms with Gasteiger partial charge in [0.05, 0.1) is 13.2 Å². The van der Waals surface area contributed by atoms with Crippen LogP contribution in [0.5, 0.6) is 5.75 Å². The van der Waals surface area contributed by atoms with E-state index in [4.69, 9.17) is 21.1 Å². The summed E-state index contributed by atoms with van der Waals surface area (Å²) < 4.78 is 11.0. The molecular formula is C14H18ClNO3. The summed E-state index contributed by atoms with van der Waals surface area (Å²) in [5.41, 5.74) is 0. The number of nitrogens with zero attached hydrogens (tertiary/aromatic N) is 1. The van der Waals surface area contributed by atoms with Crippen molar-refractivity contribution in [2.45, 2.75) is 19.4 Å². The summed E-state index contributed by atoms with van der Waals surface area (Å²) in [5.74, 6) is 0.645. The van der Waals surface area contributed by atoms with Crippen molar-refractivity contribution in [2.75, 3.05) is 26.3 Å². The Morgan fingerprint density at radius 3 is 2.84 bits per heavy atom. The highest BCUT2D eigenvalue weighted by atomic mass is 35.5. The van der Waals surface area contributed by atoms with Gasteiger partial charge in [0.2, 0.25) is 0 Å². The number of carbonyl (C=O) groups excluding carboxylic acids is 1. The zero-order chi connectivity index (χ0) is 13.7. The van der Waals surface area contributed by atoms with Crippen LogP contribution in [-0.2, 0) is 9.53 Å². The molecule has 19 heavy (non-hydrogen) atoms. The number of amides is 1. The summed E-state index contributed by atoms with van der Waals surface area (Å²) in [7, 11) is 0. The number of rotatable bonds is 4. The van der Waals surface area contributed by atoms with Gasteiger partial charge in [-0.05, 0) is 24.6 Å². The van der Waals surface area contributed by atoms with E-state index in [0.29, 0.717) is 43.5 Å². The number of hydrogen-bond acceptors (Lipinski definition) is 3. The number of benzene rings is 1. The molecule has 0 bridgehead atoms. The van der Waals surface area contributed by atoms with Crippen molar-refractivity contribution in [3.8, 4) is 5.75 Å². The summed E-state index contributed by atoms with van der Waals surface area (Å²) in [4.78, 5) is 14.1. The van der Waals surface area contributed by atoms with Gasteiger partial charge in [0.15, 0.2) is 6.10 Å². The molecule has 0 saturated carbocycles. The average molecular weight is 284 g/mol. The zero-order valence-electron chi connectivity index (χ0n) is 11.0. The van der Waals surface area contributed by atoms with Crippen LogP contribution in [0.3, 0.4) is 0 Å². The van der Waals surface area contributed by atoms with Gasteiger partial charge in [-0.3, -0.25) is 4.79 Å². The van der Waals surface area contributed by atoms with Crippen molar-refractivity contribution in [2.24, 2.45) is 0 Å². The fraction of sp³-hybridized carbons (Fsp3) is 0.500. The van der Waals surface area contributed by atoms with Gasteiger partial charge in [-0.1, -0.05) is 24.6 Å². The highest BCUT2D eigenvalue weighted by Gasteiger charge is 2.26. The Bertz CT molecular complexity index is 432. The summed E-state index contributed by atoms with van der Waals surface area (Å²) in [6.07, 6.45) is 0.166. The van der Waals surface area contributed by atoms with Crippen LogP contribution >= 0.6 is 11.6 Å². The first-order valence-corrected chi connectivity index (χ1v) is 6.87. The van der Waals surface area contributed by atoms with E-state index in [2.05, 4.69) is 0 Å². The molecule has 1 unspecified atom stereocenters. The molecule has 0 aromatic heterocycles. The SMILES string of the molecule is CCC(Oc1cccc(Cl)c1)C(=O)N1CCOCC1. The molecule has 4 nitrogen and oxygen atoms in total. The maximum Gasteiger partial charge on any atom is 0.263 e. The lowest BCUT2D eigenvalue weighted by atomic mass is 10.2. The van der Waals surface area contributed by atoms with Crippen LogP contribution in [0.2, 0.25) is 5.02 Å². The van der Waals surface area contributed by atoms with Crippen LogP contribution in [0.25, 0.3) is 0 Å². The molecular weight excluding hydrogens is 266 g/mol. The largest absolute Gasteiger partial charge is 0.481 e. The number of halogens is 1. The predicted octanol–water partition coefficient (Wildman–Crippen LogP) is 2.36. The third-order valence-corrected chi connectivity index (χ3v) is 3.28. The standard InChI is InChI=1S/C14H18ClNO3/c1-2-13(14(17)16-6-8-18-9-7-16)19-12-5-3-4-11(15)10-12/h3-5,10,13H,2,6-9H2,1H3. The molecule has 0 radical (unpaired) electrons. The lowest BCUT2D eigenvalue weighted by Crippen LogP contribution is -2.47. The van der Waals surface area contributed by atoms with Gasteiger partial charge < -0.3 is 14.4 Å². The molecule has 1 amide bonds. The maximum absolute atomic E-state index is 12.3. The number of carbonyl (C=O) groups is 1. The molecule has 0 aliphatic carbocycles. The smallest absolute Gasteiger partial charge is 0.263 e. The van der Waals surface area contributed by atoms with E-state index in [1.165, 1.54) is 0 Å². The second-order valence-electron chi connectivity index (χ2n) is 4.41. The molecule has 1 aromatic rings. The summed E-state index contributed by atoms with van der Waals surface area (Å²) in [6, 6.07) is 7.11. The van der Waals surface area contributed by atoms with Crippen molar-refractivity contribution in [1.82, 2.24) is 4.90 Å². The minimum Gasteiger partial charge on any atom is -0.481 e. The Morgan fingerprint density at radius 1 is 1.47 bits per heavy atom. The fourth-order valence-corrected chi connectivity index (χ4v) is 2.18. The van der Waals surface area contributed by atoms with Gasteiger partial charge in [0, 0.05) is 18.1 Å². The van der Waals surface area contributed by atoms with E-state index in [9.17, 15) is 4.79 Å². The van der Waals surface area contributed by atoms with Crippen LogP contribution in [0.15, 0.2) is 24.3 Å². The van der Waals surface area contributed by atoms with Gasteiger partial charge in [-0.15, -0.1) is 0 Å². The van der Waals surface area contributed by atoms with Crippen molar-refractivity contribution in [3.05, 3.63) is 29.3 Å². The average Bonchev–Trinajstić information content (AvgIpc) is 2.45. The van der Waals surface area contributed by atoms with E-state index in [1.807, 2.05) is 13.0 Å². The minimum absolute atomic E-state index is 0.0192. The third kappa shape index (κ3) is 3.85. The molecule has 5 heteroatoms. The van der Waals surface area contributed by atoms with Crippen LogP contribution in [0.4, 0.5) is 0 Å². The van der Waals surface area contributed by atoms with Crippen molar-refractivity contribution in [3.63, 3.8) is 0 Å². The lowest BCUT2D eigenvalue weighted by molar-refractivity contribution is -0.142. The van der Waals surface area contributed by atoms with Gasteiger partial charge in [0.25, 0.3) is 5.91 Å². The number of morpholine rings is 1. The Labute approximate surface area is 118 Å². The highest BCUT2D eigenvalue weighted by molar-refractivity contribution is 6.30. The Morgan fingerprint density at radius 2 is 2.21 bits per heavy atom. The number of ether oxygens (including phenoxy) is 2. The van der Waals surface area contributed by atoms with Crippen LogP contribution in [-0.4, -0.2) is 43.2 Å². The molecule has 104 valence electrons. The van der Waals surface area contributed by atoms with Crippen LogP contribution in [0, 0.1) is 0 Å². The molecule has 1 aliphatic heterocycles. The molecule has 0 spiro atoms. The second-order valence-corrected chi connectivity index (χ2v) is 4.85. The maximum atomic E-state index is 12.3. The van der Waals surface area contributed by atoms with E-state index in [1.54, 1.807) is 23.1 Å². The normalized spacial score (nSPS) is 17.1. The Kier molecular flexibility index (Phi) is 5.05. The highest BCUT2D eigenvalue weighted by Crippen LogP contribution is 2.20. The molecule has 2 rings (SSSR count). The molecule has 1 saturated heterocycles. The van der Waals surface area contributed by atoms with Crippen LogP contribution in [0.1, 0.15) is 13.3 Å². The molecule has 1 heterocycles. The molecule has 1 atom stereocenters.